The van der Waals surface area contributed by atoms with Gasteiger partial charge in [0.05, 0.1) is 25.3 Å². The van der Waals surface area contributed by atoms with E-state index in [4.69, 9.17) is 11.5 Å². The lowest BCUT2D eigenvalue weighted by Gasteiger charge is -2.28. The first kappa shape index (κ1) is 37.7. The van der Waals surface area contributed by atoms with Gasteiger partial charge in [0.15, 0.2) is 0 Å². The third-order valence-corrected chi connectivity index (χ3v) is 6.15. The Balaban J connectivity index is 5.37. The van der Waals surface area contributed by atoms with Gasteiger partial charge in [-0.3, -0.25) is 24.0 Å². The van der Waals surface area contributed by atoms with Crippen molar-refractivity contribution >= 4 is 35.5 Å². The number of hydrogen-bond acceptors (Lipinski definition) is 10. The molecule has 0 saturated carbocycles. The zero-order valence-corrected chi connectivity index (χ0v) is 24.3. The van der Waals surface area contributed by atoms with Gasteiger partial charge in [-0.25, -0.2) is 4.79 Å². The highest BCUT2D eigenvalue weighted by Gasteiger charge is 2.34. The molecule has 0 saturated heterocycles. The van der Waals surface area contributed by atoms with Gasteiger partial charge in [-0.1, -0.05) is 27.7 Å². The molecule has 0 aromatic rings. The molecule has 236 valence electrons. The number of rotatable bonds is 19. The first-order chi connectivity index (χ1) is 19.1. The average molecular weight is 590 g/mol. The summed E-state index contributed by atoms with van der Waals surface area (Å²) in [4.78, 5) is 74.3. The highest BCUT2D eigenvalue weighted by Crippen LogP contribution is 2.07. The van der Waals surface area contributed by atoms with E-state index in [1.54, 1.807) is 27.7 Å². The zero-order chi connectivity index (χ0) is 31.9. The van der Waals surface area contributed by atoms with Gasteiger partial charge in [-0.05, 0) is 44.6 Å². The number of hydrogen-bond donors (Lipinski definition) is 10. The summed E-state index contributed by atoms with van der Waals surface area (Å²) in [7, 11) is 0. The van der Waals surface area contributed by atoms with Gasteiger partial charge in [-0.15, -0.1) is 0 Å². The van der Waals surface area contributed by atoms with Crippen molar-refractivity contribution in [2.24, 2.45) is 23.3 Å². The lowest BCUT2D eigenvalue weighted by Crippen LogP contribution is -2.61. The van der Waals surface area contributed by atoms with Crippen molar-refractivity contribution in [2.45, 2.75) is 90.2 Å². The SMILES string of the molecule is CC(C)C(N)C(=O)NCC(=O)NC(CO)C(=O)NC(C(=O)NC(C(=O)NC(CCCCN)C(=O)O)C(C)O)C(C)C. The second kappa shape index (κ2) is 18.9. The molecule has 6 unspecified atom stereocenters. The van der Waals surface area contributed by atoms with Gasteiger partial charge in [0.1, 0.15) is 24.2 Å². The van der Waals surface area contributed by atoms with Crippen molar-refractivity contribution in [1.29, 1.82) is 0 Å². The number of carbonyl (C=O) groups excluding carboxylic acids is 5. The van der Waals surface area contributed by atoms with Crippen LogP contribution in [0.4, 0.5) is 0 Å². The van der Waals surface area contributed by atoms with Crippen LogP contribution in [-0.2, 0) is 28.8 Å². The minimum Gasteiger partial charge on any atom is -0.480 e. The van der Waals surface area contributed by atoms with Crippen LogP contribution in [0, 0.1) is 11.8 Å². The summed E-state index contributed by atoms with van der Waals surface area (Å²) in [6, 6.07) is -6.42. The van der Waals surface area contributed by atoms with E-state index in [0.29, 0.717) is 19.4 Å². The molecule has 41 heavy (non-hydrogen) atoms. The summed E-state index contributed by atoms with van der Waals surface area (Å²) in [6.07, 6.45) is -0.362. The Kier molecular flexibility index (Phi) is 17.4. The van der Waals surface area contributed by atoms with Gasteiger partial charge in [-0.2, -0.15) is 0 Å². The predicted molar refractivity (Wildman–Crippen MR) is 148 cm³/mol. The molecule has 0 aromatic heterocycles. The van der Waals surface area contributed by atoms with Crippen molar-refractivity contribution in [1.82, 2.24) is 26.6 Å². The first-order valence-corrected chi connectivity index (χ1v) is 13.5. The fraction of sp³-hybridized carbons (Fsp3) is 0.760. The lowest BCUT2D eigenvalue weighted by molar-refractivity contribution is -0.143. The average Bonchev–Trinajstić information content (AvgIpc) is 2.89. The molecule has 0 fully saturated rings. The van der Waals surface area contributed by atoms with E-state index in [0.717, 1.165) is 0 Å². The Bertz CT molecular complexity index is 899. The van der Waals surface area contributed by atoms with E-state index >= 15 is 0 Å². The lowest BCUT2D eigenvalue weighted by atomic mass is 10.0. The standard InChI is InChI=1S/C25H47N7O9/c1-12(2)18(27)22(37)28-10-17(35)29-16(11-33)21(36)31-19(13(3)4)23(38)32-20(14(5)34)24(39)30-15(25(40)41)8-6-7-9-26/h12-16,18-20,33-34H,6-11,26-27H2,1-5H3,(H,28,37)(H,29,35)(H,30,39)(H,31,36)(H,32,38)(H,40,41). The predicted octanol–water partition coefficient (Wildman–Crippen LogP) is -3.73. The number of aliphatic hydroxyl groups excluding tert-OH is 2. The van der Waals surface area contributed by atoms with E-state index in [1.807, 2.05) is 0 Å². The molecule has 0 aromatic carbocycles. The van der Waals surface area contributed by atoms with Crippen LogP contribution in [0.2, 0.25) is 0 Å². The molecule has 0 radical (unpaired) electrons. The molecule has 0 heterocycles. The summed E-state index contributed by atoms with van der Waals surface area (Å²) in [5.74, 6) is -6.12. The van der Waals surface area contributed by atoms with E-state index in [2.05, 4.69) is 26.6 Å². The maximum atomic E-state index is 13.0. The maximum absolute atomic E-state index is 13.0. The van der Waals surface area contributed by atoms with Crippen LogP contribution in [0.25, 0.3) is 0 Å². The third-order valence-electron chi connectivity index (χ3n) is 6.15. The normalized spacial score (nSPS) is 15.6. The molecule has 0 spiro atoms. The monoisotopic (exact) mass is 589 g/mol. The molecule has 16 heteroatoms. The zero-order valence-electron chi connectivity index (χ0n) is 24.3. The summed E-state index contributed by atoms with van der Waals surface area (Å²) in [5.41, 5.74) is 11.1. The van der Waals surface area contributed by atoms with E-state index in [9.17, 15) is 44.1 Å². The minimum atomic E-state index is -1.55. The molecule has 12 N–H and O–H groups in total. The third kappa shape index (κ3) is 13.7. The first-order valence-electron chi connectivity index (χ1n) is 13.5. The maximum Gasteiger partial charge on any atom is 0.326 e. The molecule has 0 aliphatic carbocycles. The minimum absolute atomic E-state index is 0.0892. The Morgan fingerprint density at radius 2 is 1.29 bits per heavy atom. The quantitative estimate of drug-likeness (QED) is 0.0654. The number of carboxylic acids is 1. The fourth-order valence-corrected chi connectivity index (χ4v) is 3.48. The van der Waals surface area contributed by atoms with Crippen molar-refractivity contribution in [3.8, 4) is 0 Å². The molecule has 6 atom stereocenters. The molecule has 5 amide bonds. The van der Waals surface area contributed by atoms with Gasteiger partial charge in [0.2, 0.25) is 29.5 Å². The number of unbranched alkanes of at least 4 members (excludes halogenated alkanes) is 1. The van der Waals surface area contributed by atoms with Gasteiger partial charge >= 0.3 is 5.97 Å². The topological polar surface area (TPSA) is 275 Å². The number of nitrogens with two attached hydrogens (primary N) is 2. The van der Waals surface area contributed by atoms with Crippen molar-refractivity contribution in [3.05, 3.63) is 0 Å². The van der Waals surface area contributed by atoms with Crippen molar-refractivity contribution in [2.75, 3.05) is 19.7 Å². The summed E-state index contributed by atoms with van der Waals surface area (Å²) in [6.45, 7) is 6.85. The van der Waals surface area contributed by atoms with Gasteiger partial charge in [0, 0.05) is 0 Å². The number of aliphatic carboxylic acids is 1. The van der Waals surface area contributed by atoms with Crippen LogP contribution < -0.4 is 38.1 Å². The Labute approximate surface area is 239 Å². The molecule has 0 bridgehead atoms. The number of aliphatic hydroxyl groups is 2. The van der Waals surface area contributed by atoms with Crippen LogP contribution in [0.3, 0.4) is 0 Å². The van der Waals surface area contributed by atoms with Crippen molar-refractivity contribution < 1.29 is 44.1 Å². The summed E-state index contributed by atoms with van der Waals surface area (Å²) >= 11 is 0. The van der Waals surface area contributed by atoms with Crippen LogP contribution in [0.15, 0.2) is 0 Å². The van der Waals surface area contributed by atoms with Crippen LogP contribution in [0.5, 0.6) is 0 Å². The number of carbonyl (C=O) groups is 6. The van der Waals surface area contributed by atoms with Crippen molar-refractivity contribution in [3.63, 3.8) is 0 Å². The van der Waals surface area contributed by atoms with Crippen LogP contribution in [-0.4, -0.2) is 107 Å². The molecule has 0 aliphatic rings. The number of amides is 5. The Hall–Kier alpha value is -3.34. The smallest absolute Gasteiger partial charge is 0.326 e. The summed E-state index contributed by atoms with van der Waals surface area (Å²) in [5, 5.41) is 40.8. The Morgan fingerprint density at radius 1 is 0.732 bits per heavy atom. The number of nitrogens with one attached hydrogen (secondary N) is 5. The number of carboxylic acid groups (broad SMARTS) is 1. The molecular weight excluding hydrogens is 542 g/mol. The van der Waals surface area contributed by atoms with Crippen LogP contribution in [0.1, 0.15) is 53.9 Å². The van der Waals surface area contributed by atoms with E-state index in [-0.39, 0.29) is 12.3 Å². The highest BCUT2D eigenvalue weighted by molar-refractivity contribution is 5.96. The van der Waals surface area contributed by atoms with Crippen LogP contribution >= 0.6 is 0 Å². The fourth-order valence-electron chi connectivity index (χ4n) is 3.48. The highest BCUT2D eigenvalue weighted by atomic mass is 16.4. The molecule has 0 rings (SSSR count). The second-order valence-corrected chi connectivity index (χ2v) is 10.4. The summed E-state index contributed by atoms with van der Waals surface area (Å²) < 4.78 is 0. The van der Waals surface area contributed by atoms with Gasteiger partial charge in [0.25, 0.3) is 0 Å². The van der Waals surface area contributed by atoms with E-state index in [1.165, 1.54) is 6.92 Å². The molecule has 16 nitrogen and oxygen atoms in total. The molecular formula is C25H47N7O9. The second-order valence-electron chi connectivity index (χ2n) is 10.4. The largest absolute Gasteiger partial charge is 0.480 e. The Morgan fingerprint density at radius 3 is 1.76 bits per heavy atom. The molecule has 0 aliphatic heterocycles. The van der Waals surface area contributed by atoms with E-state index < -0.39 is 90.9 Å². The van der Waals surface area contributed by atoms with Gasteiger partial charge < -0.3 is 53.4 Å².